The third-order valence-corrected chi connectivity index (χ3v) is 2.72. The Bertz CT molecular complexity index is 302. The molecule has 0 bridgehead atoms. The second kappa shape index (κ2) is 4.43. The Kier molecular flexibility index (Phi) is 3.00. The summed E-state index contributed by atoms with van der Waals surface area (Å²) in [5, 5.41) is 0. The molecule has 1 fully saturated rings. The summed E-state index contributed by atoms with van der Waals surface area (Å²) >= 11 is 0. The van der Waals surface area contributed by atoms with Crippen LogP contribution in [0.4, 0.5) is 0 Å². The molecule has 2 atom stereocenters. The third-order valence-electron chi connectivity index (χ3n) is 2.72. The van der Waals surface area contributed by atoms with Gasteiger partial charge in [-0.05, 0) is 17.9 Å². The van der Waals surface area contributed by atoms with Gasteiger partial charge in [-0.15, -0.1) is 0 Å². The molecule has 14 heavy (non-hydrogen) atoms. The minimum absolute atomic E-state index is 0.315. The van der Waals surface area contributed by atoms with E-state index in [4.69, 9.17) is 4.74 Å². The van der Waals surface area contributed by atoms with Crippen molar-refractivity contribution in [1.29, 1.82) is 0 Å². The summed E-state index contributed by atoms with van der Waals surface area (Å²) in [5.74, 6) is 0.662. The van der Waals surface area contributed by atoms with Crippen LogP contribution in [0.1, 0.15) is 18.9 Å². The summed E-state index contributed by atoms with van der Waals surface area (Å²) in [6, 6.07) is 10.4. The van der Waals surface area contributed by atoms with Crippen molar-refractivity contribution in [2.24, 2.45) is 5.92 Å². The highest BCUT2D eigenvalue weighted by molar-refractivity contribution is 5.49. The van der Waals surface area contributed by atoms with Crippen LogP contribution in [0.15, 0.2) is 36.4 Å². The fourth-order valence-corrected chi connectivity index (χ4v) is 1.73. The topological polar surface area (TPSA) is 9.23 Å². The zero-order valence-corrected chi connectivity index (χ0v) is 8.52. The lowest BCUT2D eigenvalue weighted by molar-refractivity contribution is 0.132. The first-order chi connectivity index (χ1) is 6.86. The highest BCUT2D eigenvalue weighted by Gasteiger charge is 2.20. The Labute approximate surface area is 85.4 Å². The zero-order valence-electron chi connectivity index (χ0n) is 8.52. The SMILES string of the molecule is C[C@H]1CCO[C@H]1/C=C/c1ccccc1. The highest BCUT2D eigenvalue weighted by atomic mass is 16.5. The predicted octanol–water partition coefficient (Wildman–Crippen LogP) is 3.12. The van der Waals surface area contributed by atoms with Gasteiger partial charge in [0.1, 0.15) is 0 Å². The van der Waals surface area contributed by atoms with Crippen LogP contribution in [0.25, 0.3) is 6.08 Å². The molecule has 1 aromatic carbocycles. The maximum absolute atomic E-state index is 5.60. The molecule has 0 spiro atoms. The molecule has 74 valence electrons. The highest BCUT2D eigenvalue weighted by Crippen LogP contribution is 2.21. The molecule has 0 N–H and O–H groups in total. The molecule has 0 saturated carbocycles. The monoisotopic (exact) mass is 188 g/mol. The van der Waals surface area contributed by atoms with Gasteiger partial charge in [-0.1, -0.05) is 49.4 Å². The molecule has 0 radical (unpaired) electrons. The Morgan fingerprint density at radius 3 is 2.71 bits per heavy atom. The molecule has 1 aliphatic heterocycles. The average Bonchev–Trinajstić information content (AvgIpc) is 2.63. The van der Waals surface area contributed by atoms with Gasteiger partial charge in [-0.3, -0.25) is 0 Å². The first kappa shape index (κ1) is 9.47. The van der Waals surface area contributed by atoms with E-state index < -0.39 is 0 Å². The van der Waals surface area contributed by atoms with E-state index in [1.807, 2.05) is 6.07 Å². The summed E-state index contributed by atoms with van der Waals surface area (Å²) in [5.41, 5.74) is 1.25. The van der Waals surface area contributed by atoms with Crippen molar-refractivity contribution >= 4 is 6.08 Å². The molecule has 0 amide bonds. The van der Waals surface area contributed by atoms with Crippen LogP contribution in [0.5, 0.6) is 0 Å². The van der Waals surface area contributed by atoms with Crippen molar-refractivity contribution < 1.29 is 4.74 Å². The molecule has 1 heterocycles. The van der Waals surface area contributed by atoms with Gasteiger partial charge in [0.2, 0.25) is 0 Å². The van der Waals surface area contributed by atoms with Crippen LogP contribution in [0.3, 0.4) is 0 Å². The van der Waals surface area contributed by atoms with Gasteiger partial charge in [-0.2, -0.15) is 0 Å². The van der Waals surface area contributed by atoms with Crippen molar-refractivity contribution in [3.8, 4) is 0 Å². The summed E-state index contributed by atoms with van der Waals surface area (Å²) < 4.78 is 5.60. The molecule has 1 heteroatoms. The van der Waals surface area contributed by atoms with E-state index in [0.29, 0.717) is 12.0 Å². The van der Waals surface area contributed by atoms with Crippen LogP contribution in [-0.4, -0.2) is 12.7 Å². The standard InChI is InChI=1S/C13H16O/c1-11-9-10-14-13(11)8-7-12-5-3-2-4-6-12/h2-8,11,13H,9-10H2,1H3/b8-7+/t11-,13-/m0/s1. The molecule has 0 unspecified atom stereocenters. The van der Waals surface area contributed by atoms with E-state index in [1.165, 1.54) is 12.0 Å². The summed E-state index contributed by atoms with van der Waals surface area (Å²) in [6.45, 7) is 3.15. The van der Waals surface area contributed by atoms with Gasteiger partial charge >= 0.3 is 0 Å². The molecule has 1 aromatic rings. The Hall–Kier alpha value is -1.08. The summed E-state index contributed by atoms with van der Waals surface area (Å²) in [4.78, 5) is 0. The molecule has 0 aromatic heterocycles. The number of benzene rings is 1. The van der Waals surface area contributed by atoms with Crippen molar-refractivity contribution in [2.45, 2.75) is 19.4 Å². The predicted molar refractivity (Wildman–Crippen MR) is 59.0 cm³/mol. The average molecular weight is 188 g/mol. The van der Waals surface area contributed by atoms with Crippen molar-refractivity contribution in [3.63, 3.8) is 0 Å². The van der Waals surface area contributed by atoms with E-state index in [9.17, 15) is 0 Å². The van der Waals surface area contributed by atoms with E-state index >= 15 is 0 Å². The minimum atomic E-state index is 0.315. The first-order valence-electron chi connectivity index (χ1n) is 5.21. The molecule has 1 aliphatic rings. The van der Waals surface area contributed by atoms with Crippen LogP contribution in [0, 0.1) is 5.92 Å². The van der Waals surface area contributed by atoms with E-state index in [1.54, 1.807) is 0 Å². The van der Waals surface area contributed by atoms with Crippen molar-refractivity contribution in [2.75, 3.05) is 6.61 Å². The molecular weight excluding hydrogens is 172 g/mol. The molecule has 1 nitrogen and oxygen atoms in total. The summed E-state index contributed by atoms with van der Waals surface area (Å²) in [7, 11) is 0. The number of hydrogen-bond acceptors (Lipinski definition) is 1. The molecule has 1 saturated heterocycles. The summed E-state index contributed by atoms with van der Waals surface area (Å²) in [6.07, 6.45) is 5.82. The molecular formula is C13H16O. The molecule has 0 aliphatic carbocycles. The van der Waals surface area contributed by atoms with E-state index in [2.05, 4.69) is 43.3 Å². The van der Waals surface area contributed by atoms with E-state index in [0.717, 1.165) is 6.61 Å². The Morgan fingerprint density at radius 1 is 1.29 bits per heavy atom. The van der Waals surface area contributed by atoms with Gasteiger partial charge in [0.25, 0.3) is 0 Å². The largest absolute Gasteiger partial charge is 0.374 e. The third kappa shape index (κ3) is 2.24. The smallest absolute Gasteiger partial charge is 0.0785 e. The van der Waals surface area contributed by atoms with Gasteiger partial charge < -0.3 is 4.74 Å². The number of ether oxygens (including phenoxy) is 1. The van der Waals surface area contributed by atoms with Gasteiger partial charge in [-0.25, -0.2) is 0 Å². The Morgan fingerprint density at radius 2 is 2.07 bits per heavy atom. The quantitative estimate of drug-likeness (QED) is 0.693. The fraction of sp³-hybridized carbons (Fsp3) is 0.385. The lowest BCUT2D eigenvalue weighted by Gasteiger charge is -2.08. The second-order valence-electron chi connectivity index (χ2n) is 3.87. The van der Waals surface area contributed by atoms with E-state index in [-0.39, 0.29) is 0 Å². The lowest BCUT2D eigenvalue weighted by atomic mass is 10.0. The normalized spacial score (nSPS) is 27.2. The van der Waals surface area contributed by atoms with Crippen LogP contribution in [0.2, 0.25) is 0 Å². The van der Waals surface area contributed by atoms with Crippen LogP contribution >= 0.6 is 0 Å². The second-order valence-corrected chi connectivity index (χ2v) is 3.87. The molecule has 2 rings (SSSR count). The maximum Gasteiger partial charge on any atom is 0.0785 e. The van der Waals surface area contributed by atoms with Crippen LogP contribution < -0.4 is 0 Å². The van der Waals surface area contributed by atoms with Gasteiger partial charge in [0.15, 0.2) is 0 Å². The van der Waals surface area contributed by atoms with Crippen LogP contribution in [-0.2, 0) is 4.74 Å². The minimum Gasteiger partial charge on any atom is -0.374 e. The Balaban J connectivity index is 2.00. The fourth-order valence-electron chi connectivity index (χ4n) is 1.73. The zero-order chi connectivity index (χ0) is 9.80. The van der Waals surface area contributed by atoms with Gasteiger partial charge in [0.05, 0.1) is 6.10 Å². The first-order valence-corrected chi connectivity index (χ1v) is 5.21. The van der Waals surface area contributed by atoms with Crippen molar-refractivity contribution in [3.05, 3.63) is 42.0 Å². The maximum atomic E-state index is 5.60. The lowest BCUT2D eigenvalue weighted by Crippen LogP contribution is -2.08. The van der Waals surface area contributed by atoms with Crippen molar-refractivity contribution in [1.82, 2.24) is 0 Å². The number of hydrogen-bond donors (Lipinski definition) is 0. The number of rotatable bonds is 2. The van der Waals surface area contributed by atoms with Gasteiger partial charge in [0, 0.05) is 6.61 Å².